The Balaban J connectivity index is 1.90. The van der Waals surface area contributed by atoms with Crippen LogP contribution in [0.1, 0.15) is 13.3 Å². The molecule has 2 rings (SSSR count). The van der Waals surface area contributed by atoms with Gasteiger partial charge in [0.25, 0.3) is 0 Å². The standard InChI is InChI=1S/C15H21N3O3/c1-3-18-9-8-16-13(15(18)20)10-14(19)17-11-4-6-12(21-2)7-5-11/h4-7,13,16H,3,8-10H2,1-2H3,(H,17,19). The van der Waals surface area contributed by atoms with Crippen LogP contribution < -0.4 is 15.4 Å². The number of benzene rings is 1. The van der Waals surface area contributed by atoms with Crippen LogP contribution in [0.4, 0.5) is 5.69 Å². The van der Waals surface area contributed by atoms with Gasteiger partial charge >= 0.3 is 0 Å². The van der Waals surface area contributed by atoms with Crippen molar-refractivity contribution in [3.63, 3.8) is 0 Å². The summed E-state index contributed by atoms with van der Waals surface area (Å²) in [6.45, 7) is 4.04. The molecule has 2 amide bonds. The zero-order valence-electron chi connectivity index (χ0n) is 12.4. The van der Waals surface area contributed by atoms with Crippen molar-refractivity contribution in [2.24, 2.45) is 0 Å². The van der Waals surface area contributed by atoms with E-state index in [-0.39, 0.29) is 18.2 Å². The second-order valence-corrected chi connectivity index (χ2v) is 4.91. The van der Waals surface area contributed by atoms with Gasteiger partial charge in [-0.15, -0.1) is 0 Å². The number of carbonyl (C=O) groups excluding carboxylic acids is 2. The molecule has 1 aliphatic rings. The molecule has 1 aromatic carbocycles. The zero-order chi connectivity index (χ0) is 15.2. The Kier molecular flexibility index (Phi) is 5.16. The van der Waals surface area contributed by atoms with Crippen LogP contribution in [-0.2, 0) is 9.59 Å². The molecule has 0 saturated carbocycles. The van der Waals surface area contributed by atoms with E-state index in [1.807, 2.05) is 6.92 Å². The third-order valence-corrected chi connectivity index (χ3v) is 3.53. The first-order chi connectivity index (χ1) is 10.1. The van der Waals surface area contributed by atoms with Gasteiger partial charge in [-0.3, -0.25) is 9.59 Å². The smallest absolute Gasteiger partial charge is 0.240 e. The normalized spacial score (nSPS) is 18.5. The first-order valence-electron chi connectivity index (χ1n) is 7.10. The van der Waals surface area contributed by atoms with Crippen LogP contribution >= 0.6 is 0 Å². The second kappa shape index (κ2) is 7.08. The van der Waals surface area contributed by atoms with Crippen molar-refractivity contribution in [2.75, 3.05) is 32.1 Å². The molecule has 6 heteroatoms. The Bertz CT molecular complexity index is 501. The monoisotopic (exact) mass is 291 g/mol. The highest BCUT2D eigenvalue weighted by molar-refractivity contribution is 5.95. The number of carbonyl (C=O) groups is 2. The number of likely N-dealkylation sites (N-methyl/N-ethyl adjacent to an activating group) is 1. The number of anilines is 1. The van der Waals surface area contributed by atoms with E-state index in [4.69, 9.17) is 4.74 Å². The predicted octanol–water partition coefficient (Wildman–Crippen LogP) is 0.844. The van der Waals surface area contributed by atoms with E-state index in [1.165, 1.54) is 0 Å². The molecule has 1 aliphatic heterocycles. The topological polar surface area (TPSA) is 70.7 Å². The fourth-order valence-corrected chi connectivity index (χ4v) is 2.34. The number of rotatable bonds is 5. The fourth-order valence-electron chi connectivity index (χ4n) is 2.34. The number of nitrogens with zero attached hydrogens (tertiary/aromatic N) is 1. The molecule has 2 N–H and O–H groups in total. The van der Waals surface area contributed by atoms with Gasteiger partial charge in [0.1, 0.15) is 5.75 Å². The second-order valence-electron chi connectivity index (χ2n) is 4.91. The van der Waals surface area contributed by atoms with Gasteiger partial charge in [0.15, 0.2) is 0 Å². The highest BCUT2D eigenvalue weighted by atomic mass is 16.5. The number of hydrogen-bond donors (Lipinski definition) is 2. The van der Waals surface area contributed by atoms with E-state index in [0.29, 0.717) is 18.8 Å². The van der Waals surface area contributed by atoms with E-state index in [9.17, 15) is 9.59 Å². The van der Waals surface area contributed by atoms with Crippen molar-refractivity contribution in [3.8, 4) is 5.75 Å². The third kappa shape index (κ3) is 3.95. The molecule has 0 aliphatic carbocycles. The Hall–Kier alpha value is -2.08. The van der Waals surface area contributed by atoms with Gasteiger partial charge < -0.3 is 20.3 Å². The molecule has 114 valence electrons. The van der Waals surface area contributed by atoms with E-state index in [2.05, 4.69) is 10.6 Å². The maximum absolute atomic E-state index is 12.1. The van der Waals surface area contributed by atoms with Crippen molar-refractivity contribution in [2.45, 2.75) is 19.4 Å². The summed E-state index contributed by atoms with van der Waals surface area (Å²) in [6.07, 6.45) is 0.140. The molecule has 0 radical (unpaired) electrons. The third-order valence-electron chi connectivity index (χ3n) is 3.53. The molecular weight excluding hydrogens is 270 g/mol. The van der Waals surface area contributed by atoms with Crippen molar-refractivity contribution in [3.05, 3.63) is 24.3 Å². The van der Waals surface area contributed by atoms with E-state index in [0.717, 1.165) is 12.3 Å². The highest BCUT2D eigenvalue weighted by Gasteiger charge is 2.28. The summed E-state index contributed by atoms with van der Waals surface area (Å²) >= 11 is 0. The zero-order valence-corrected chi connectivity index (χ0v) is 12.4. The lowest BCUT2D eigenvalue weighted by Gasteiger charge is -2.32. The van der Waals surface area contributed by atoms with Gasteiger partial charge in [-0.1, -0.05) is 0 Å². The van der Waals surface area contributed by atoms with Gasteiger partial charge in [-0.2, -0.15) is 0 Å². The van der Waals surface area contributed by atoms with Crippen LogP contribution in [0.5, 0.6) is 5.75 Å². The summed E-state index contributed by atoms with van der Waals surface area (Å²) in [4.78, 5) is 25.9. The molecule has 1 fully saturated rings. The minimum Gasteiger partial charge on any atom is -0.497 e. The van der Waals surface area contributed by atoms with Crippen LogP contribution in [-0.4, -0.2) is 49.5 Å². The van der Waals surface area contributed by atoms with Gasteiger partial charge in [-0.05, 0) is 31.2 Å². The summed E-state index contributed by atoms with van der Waals surface area (Å²) in [5.41, 5.74) is 0.691. The van der Waals surface area contributed by atoms with Gasteiger partial charge in [-0.25, -0.2) is 0 Å². The van der Waals surface area contributed by atoms with Crippen LogP contribution in [0.15, 0.2) is 24.3 Å². The fraction of sp³-hybridized carbons (Fsp3) is 0.467. The van der Waals surface area contributed by atoms with Crippen molar-refractivity contribution < 1.29 is 14.3 Å². The number of ether oxygens (including phenoxy) is 1. The number of piperazine rings is 1. The van der Waals surface area contributed by atoms with Crippen molar-refractivity contribution >= 4 is 17.5 Å². The number of nitrogens with one attached hydrogen (secondary N) is 2. The minimum atomic E-state index is -0.433. The maximum atomic E-state index is 12.1. The van der Waals surface area contributed by atoms with Crippen LogP contribution in [0.25, 0.3) is 0 Å². The molecule has 0 aromatic heterocycles. The summed E-state index contributed by atoms with van der Waals surface area (Å²) in [7, 11) is 1.59. The Morgan fingerprint density at radius 1 is 1.43 bits per heavy atom. The first kappa shape index (κ1) is 15.3. The highest BCUT2D eigenvalue weighted by Crippen LogP contribution is 2.15. The quantitative estimate of drug-likeness (QED) is 0.843. The molecule has 1 unspecified atom stereocenters. The predicted molar refractivity (Wildman–Crippen MR) is 80.3 cm³/mol. The number of hydrogen-bond acceptors (Lipinski definition) is 4. The van der Waals surface area contributed by atoms with E-state index in [1.54, 1.807) is 36.3 Å². The molecule has 21 heavy (non-hydrogen) atoms. The summed E-state index contributed by atoms with van der Waals surface area (Å²) < 4.78 is 5.06. The molecule has 1 atom stereocenters. The van der Waals surface area contributed by atoms with E-state index >= 15 is 0 Å². The SMILES string of the molecule is CCN1CCNC(CC(=O)Nc2ccc(OC)cc2)C1=O. The maximum Gasteiger partial charge on any atom is 0.240 e. The van der Waals surface area contributed by atoms with Crippen molar-refractivity contribution in [1.29, 1.82) is 0 Å². The lowest BCUT2D eigenvalue weighted by molar-refractivity contribution is -0.137. The Morgan fingerprint density at radius 2 is 2.14 bits per heavy atom. The first-order valence-corrected chi connectivity index (χ1v) is 7.10. The van der Waals surface area contributed by atoms with Gasteiger partial charge in [0.2, 0.25) is 11.8 Å². The summed E-state index contributed by atoms with van der Waals surface area (Å²) in [5.74, 6) is 0.549. The largest absolute Gasteiger partial charge is 0.497 e. The van der Waals surface area contributed by atoms with Gasteiger partial charge in [0.05, 0.1) is 19.6 Å². The lowest BCUT2D eigenvalue weighted by Crippen LogP contribution is -2.55. The van der Waals surface area contributed by atoms with Crippen LogP contribution in [0.2, 0.25) is 0 Å². The molecule has 6 nitrogen and oxygen atoms in total. The number of methoxy groups -OCH3 is 1. The minimum absolute atomic E-state index is 0.00590. The van der Waals surface area contributed by atoms with Gasteiger partial charge in [0, 0.05) is 25.3 Å². The molecule has 1 aromatic rings. The van der Waals surface area contributed by atoms with E-state index < -0.39 is 6.04 Å². The molecular formula is C15H21N3O3. The Morgan fingerprint density at radius 3 is 2.76 bits per heavy atom. The molecule has 0 bridgehead atoms. The summed E-state index contributed by atoms with van der Waals surface area (Å²) in [5, 5.41) is 5.88. The van der Waals surface area contributed by atoms with Crippen LogP contribution in [0.3, 0.4) is 0 Å². The molecule has 0 spiro atoms. The average Bonchev–Trinajstić information content (AvgIpc) is 2.50. The number of amides is 2. The Labute approximate surface area is 124 Å². The lowest BCUT2D eigenvalue weighted by atomic mass is 10.1. The summed E-state index contributed by atoms with van der Waals surface area (Å²) in [6, 6.07) is 6.66. The molecule has 1 saturated heterocycles. The molecule has 1 heterocycles. The van der Waals surface area contributed by atoms with Crippen LogP contribution in [0, 0.1) is 0 Å². The average molecular weight is 291 g/mol. The van der Waals surface area contributed by atoms with Crippen molar-refractivity contribution in [1.82, 2.24) is 10.2 Å².